The minimum Gasteiger partial charge on any atom is -0.387 e. The van der Waals surface area contributed by atoms with Crippen LogP contribution in [0.3, 0.4) is 0 Å². The maximum atomic E-state index is 4.31. The van der Waals surface area contributed by atoms with Crippen LogP contribution in [0.15, 0.2) is 28.5 Å². The molecule has 0 bridgehead atoms. The summed E-state index contributed by atoms with van der Waals surface area (Å²) in [5.41, 5.74) is 2.07. The van der Waals surface area contributed by atoms with Gasteiger partial charge < -0.3 is 5.32 Å². The third-order valence-electron chi connectivity index (χ3n) is 1.52. The van der Waals surface area contributed by atoms with E-state index in [4.69, 9.17) is 0 Å². The zero-order chi connectivity index (χ0) is 9.40. The maximum absolute atomic E-state index is 4.31. The van der Waals surface area contributed by atoms with E-state index >= 15 is 0 Å². The normalized spacial score (nSPS) is 14.0. The molecule has 12 heavy (non-hydrogen) atoms. The smallest absolute Gasteiger partial charge is 0.0810 e. The van der Waals surface area contributed by atoms with Crippen LogP contribution in [0.1, 0.15) is 27.2 Å². The third kappa shape index (κ3) is 3.37. The van der Waals surface area contributed by atoms with Gasteiger partial charge in [0.15, 0.2) is 0 Å². The highest BCUT2D eigenvalue weighted by atomic mass is 14.9. The zero-order valence-corrected chi connectivity index (χ0v) is 8.39. The minimum absolute atomic E-state index is 0.970. The monoisotopic (exact) mass is 166 g/mol. The molecule has 0 aromatic heterocycles. The van der Waals surface area contributed by atoms with Gasteiger partial charge in [0.1, 0.15) is 0 Å². The van der Waals surface area contributed by atoms with Crippen LogP contribution in [-0.4, -0.2) is 13.3 Å². The van der Waals surface area contributed by atoms with Gasteiger partial charge in [-0.2, -0.15) is 0 Å². The Morgan fingerprint density at radius 1 is 1.33 bits per heavy atom. The molecule has 2 heteroatoms. The number of nitrogens with one attached hydrogen (secondary N) is 1. The summed E-state index contributed by atoms with van der Waals surface area (Å²) in [6, 6.07) is 0. The molecule has 0 atom stereocenters. The molecular formula is C10H18N2. The topological polar surface area (TPSA) is 24.4 Å². The molecule has 0 saturated heterocycles. The van der Waals surface area contributed by atoms with Crippen LogP contribution in [0.25, 0.3) is 0 Å². The molecule has 1 N–H and O–H groups in total. The molecule has 0 aliphatic heterocycles. The van der Waals surface area contributed by atoms with Crippen molar-refractivity contribution in [3.8, 4) is 0 Å². The van der Waals surface area contributed by atoms with Gasteiger partial charge in [0.05, 0.1) is 11.4 Å². The standard InChI is InChI=1S/C10H18N2/c1-5-8-12-10(7-3)9(6-2)11-4/h6-8,11H,5H2,1-4H3/b9-6-,10-7-,12-8-. The predicted molar refractivity (Wildman–Crippen MR) is 55.4 cm³/mol. The molecule has 0 saturated carbocycles. The van der Waals surface area contributed by atoms with Gasteiger partial charge in [0, 0.05) is 13.3 Å². The van der Waals surface area contributed by atoms with E-state index in [1.165, 1.54) is 0 Å². The molecule has 0 aliphatic rings. The lowest BCUT2D eigenvalue weighted by atomic mass is 10.3. The molecular weight excluding hydrogens is 148 g/mol. The van der Waals surface area contributed by atoms with Gasteiger partial charge in [0.2, 0.25) is 0 Å². The summed E-state index contributed by atoms with van der Waals surface area (Å²) in [6.45, 7) is 6.06. The Balaban J connectivity index is 4.46. The van der Waals surface area contributed by atoms with Crippen molar-refractivity contribution in [1.82, 2.24) is 5.32 Å². The summed E-state index contributed by atoms with van der Waals surface area (Å²) >= 11 is 0. The summed E-state index contributed by atoms with van der Waals surface area (Å²) in [5.74, 6) is 0. The lowest BCUT2D eigenvalue weighted by Gasteiger charge is -2.05. The van der Waals surface area contributed by atoms with Crippen molar-refractivity contribution in [3.63, 3.8) is 0 Å². The van der Waals surface area contributed by atoms with E-state index in [0.717, 1.165) is 17.8 Å². The molecule has 0 fully saturated rings. The predicted octanol–water partition coefficient (Wildman–Crippen LogP) is 2.49. The van der Waals surface area contributed by atoms with Gasteiger partial charge in [-0.05, 0) is 20.3 Å². The summed E-state index contributed by atoms with van der Waals surface area (Å²) in [4.78, 5) is 4.31. The van der Waals surface area contributed by atoms with Crippen molar-refractivity contribution in [2.75, 3.05) is 7.05 Å². The van der Waals surface area contributed by atoms with Crippen LogP contribution < -0.4 is 5.32 Å². The van der Waals surface area contributed by atoms with Gasteiger partial charge >= 0.3 is 0 Å². The first-order chi connectivity index (χ1) is 5.79. The fourth-order valence-electron chi connectivity index (χ4n) is 0.910. The Labute approximate surface area is 75.1 Å². The highest BCUT2D eigenvalue weighted by Crippen LogP contribution is 2.06. The Morgan fingerprint density at radius 2 is 2.00 bits per heavy atom. The highest BCUT2D eigenvalue weighted by molar-refractivity contribution is 5.59. The fourth-order valence-corrected chi connectivity index (χ4v) is 0.910. The van der Waals surface area contributed by atoms with E-state index in [2.05, 4.69) is 17.2 Å². The van der Waals surface area contributed by atoms with E-state index in [1.54, 1.807) is 0 Å². The lowest BCUT2D eigenvalue weighted by Crippen LogP contribution is -2.06. The summed E-state index contributed by atoms with van der Waals surface area (Å²) in [7, 11) is 1.90. The first kappa shape index (κ1) is 11.0. The van der Waals surface area contributed by atoms with Crippen molar-refractivity contribution in [2.24, 2.45) is 4.99 Å². The SMILES string of the molecule is C/C=C(\N=C/CC)C(=C/C)/NC. The molecule has 0 spiro atoms. The summed E-state index contributed by atoms with van der Waals surface area (Å²) in [5, 5.41) is 3.09. The van der Waals surface area contributed by atoms with Gasteiger partial charge in [-0.1, -0.05) is 19.1 Å². The lowest BCUT2D eigenvalue weighted by molar-refractivity contribution is 0.981. The minimum atomic E-state index is 0.970. The number of hydrogen-bond donors (Lipinski definition) is 1. The van der Waals surface area contributed by atoms with E-state index in [0.29, 0.717) is 0 Å². The second-order valence-corrected chi connectivity index (χ2v) is 2.35. The van der Waals surface area contributed by atoms with Gasteiger partial charge in [0.25, 0.3) is 0 Å². The molecule has 0 aliphatic carbocycles. The Hall–Kier alpha value is -1.05. The molecule has 2 nitrogen and oxygen atoms in total. The highest BCUT2D eigenvalue weighted by Gasteiger charge is 1.96. The van der Waals surface area contributed by atoms with Crippen molar-refractivity contribution in [1.29, 1.82) is 0 Å². The fraction of sp³-hybridized carbons (Fsp3) is 0.500. The Bertz CT molecular complexity index is 200. The summed E-state index contributed by atoms with van der Waals surface area (Å²) in [6.07, 6.45) is 6.90. The molecule has 0 rings (SSSR count). The van der Waals surface area contributed by atoms with E-state index < -0.39 is 0 Å². The first-order valence-electron chi connectivity index (χ1n) is 4.33. The number of aliphatic imine (C=N–C) groups is 1. The second-order valence-electron chi connectivity index (χ2n) is 2.35. The van der Waals surface area contributed by atoms with Crippen molar-refractivity contribution >= 4 is 6.21 Å². The van der Waals surface area contributed by atoms with Crippen LogP contribution in [0.4, 0.5) is 0 Å². The van der Waals surface area contributed by atoms with E-state index in [9.17, 15) is 0 Å². The molecule has 0 unspecified atom stereocenters. The Kier molecular flexibility index (Phi) is 6.07. The maximum Gasteiger partial charge on any atom is 0.0810 e. The molecule has 68 valence electrons. The first-order valence-corrected chi connectivity index (χ1v) is 4.33. The third-order valence-corrected chi connectivity index (χ3v) is 1.52. The van der Waals surface area contributed by atoms with Crippen molar-refractivity contribution < 1.29 is 0 Å². The number of rotatable bonds is 4. The van der Waals surface area contributed by atoms with Crippen molar-refractivity contribution in [2.45, 2.75) is 27.2 Å². The molecule has 0 aromatic rings. The number of nitrogens with zero attached hydrogens (tertiary/aromatic N) is 1. The largest absolute Gasteiger partial charge is 0.387 e. The zero-order valence-electron chi connectivity index (χ0n) is 8.39. The van der Waals surface area contributed by atoms with Crippen LogP contribution in [-0.2, 0) is 0 Å². The molecule has 0 aromatic carbocycles. The van der Waals surface area contributed by atoms with Gasteiger partial charge in [-0.15, -0.1) is 0 Å². The average molecular weight is 166 g/mol. The number of likely N-dealkylation sites (N-methyl/N-ethyl adjacent to an activating group) is 1. The number of allylic oxidation sites excluding steroid dienone is 2. The van der Waals surface area contributed by atoms with Crippen LogP contribution in [0.5, 0.6) is 0 Å². The molecule has 0 amide bonds. The summed E-state index contributed by atoms with van der Waals surface area (Å²) < 4.78 is 0. The quantitative estimate of drug-likeness (QED) is 0.503. The van der Waals surface area contributed by atoms with Crippen LogP contribution in [0.2, 0.25) is 0 Å². The molecule has 0 heterocycles. The second kappa shape index (κ2) is 6.65. The number of hydrogen-bond acceptors (Lipinski definition) is 2. The van der Waals surface area contributed by atoms with E-state index in [-0.39, 0.29) is 0 Å². The average Bonchev–Trinajstić information content (AvgIpc) is 2.12. The van der Waals surface area contributed by atoms with Crippen LogP contribution >= 0.6 is 0 Å². The molecule has 0 radical (unpaired) electrons. The van der Waals surface area contributed by atoms with Crippen LogP contribution in [0, 0.1) is 0 Å². The van der Waals surface area contributed by atoms with Gasteiger partial charge in [-0.3, -0.25) is 4.99 Å². The van der Waals surface area contributed by atoms with E-state index in [1.807, 2.05) is 39.3 Å². The Morgan fingerprint density at radius 3 is 2.33 bits per heavy atom. The van der Waals surface area contributed by atoms with Gasteiger partial charge in [-0.25, -0.2) is 0 Å². The van der Waals surface area contributed by atoms with Crippen molar-refractivity contribution in [3.05, 3.63) is 23.5 Å².